The third-order valence-corrected chi connectivity index (χ3v) is 0.940. The van der Waals surface area contributed by atoms with Crippen LogP contribution in [-0.2, 0) is 4.57 Å². The molecule has 0 aliphatic heterocycles. The van der Waals surface area contributed by atoms with Crippen molar-refractivity contribution in [3.63, 3.8) is 0 Å². The highest BCUT2D eigenvalue weighted by atomic mass is 31.1. The summed E-state index contributed by atoms with van der Waals surface area (Å²) in [6, 6.07) is 10.3. The largest absolute Gasteiger partial charge is 0.491 e. The quantitative estimate of drug-likeness (QED) is 0.612. The van der Waals surface area contributed by atoms with E-state index in [2.05, 4.69) is 19.1 Å². The third kappa shape index (κ3) is 9.28. The Morgan fingerprint density at radius 1 is 1.27 bits per heavy atom. The van der Waals surface area contributed by atoms with Crippen LogP contribution in [0.5, 0.6) is 0 Å². The Hall–Kier alpha value is -0.720. The highest BCUT2D eigenvalue weighted by molar-refractivity contribution is 7.16. The van der Waals surface area contributed by atoms with Gasteiger partial charge in [-0.1, -0.05) is 43.3 Å². The molecule has 0 bridgehead atoms. The van der Waals surface area contributed by atoms with Crippen LogP contribution in [-0.4, -0.2) is 4.89 Å². The number of rotatable bonds is 0. The van der Waals surface area contributed by atoms with Crippen LogP contribution in [0.15, 0.2) is 30.3 Å². The molecule has 0 fully saturated rings. The van der Waals surface area contributed by atoms with Gasteiger partial charge in [0.1, 0.15) is 0 Å². The number of benzene rings is 1. The fraction of sp³-hybridized carbons (Fsp3) is 0.250. The fourth-order valence-electron chi connectivity index (χ4n) is 0.534. The van der Waals surface area contributed by atoms with Crippen LogP contribution in [0, 0.1) is 6.92 Å². The first-order chi connectivity index (χ1) is 4.81. The normalized spacial score (nSPS) is 7.45. The van der Waals surface area contributed by atoms with Gasteiger partial charge in [-0.25, -0.2) is 0 Å². The Morgan fingerprint density at radius 3 is 1.82 bits per heavy atom. The predicted octanol–water partition coefficient (Wildman–Crippen LogP) is 2.55. The Balaban J connectivity index is 0. The standard InChI is InChI=1S/C7H8.CH4.HO2P/c1-7-5-3-2-4-6-7;;1-3-2/h2-6H,1H3;1H4;3H/p+1. The number of aryl methyl sites for hydroxylation is 1. The fourth-order valence-corrected chi connectivity index (χ4v) is 0.534. The molecule has 0 aromatic heterocycles. The molecule has 0 aliphatic rings. The van der Waals surface area contributed by atoms with Gasteiger partial charge in [-0.05, 0) is 11.5 Å². The highest BCUT2D eigenvalue weighted by Crippen LogP contribution is 1.92. The van der Waals surface area contributed by atoms with Crippen molar-refractivity contribution in [2.75, 3.05) is 0 Å². The molecular formula is C8H14O2P+. The maximum atomic E-state index is 8.51. The van der Waals surface area contributed by atoms with Gasteiger partial charge in [0.05, 0.1) is 0 Å². The maximum absolute atomic E-state index is 8.51. The summed E-state index contributed by atoms with van der Waals surface area (Å²) in [4.78, 5) is 7.04. The molecule has 1 aromatic rings. The molecular weight excluding hydrogens is 159 g/mol. The smallest absolute Gasteiger partial charge is 0.162 e. The molecule has 0 saturated heterocycles. The molecule has 11 heavy (non-hydrogen) atoms. The van der Waals surface area contributed by atoms with Crippen LogP contribution in [0.25, 0.3) is 0 Å². The highest BCUT2D eigenvalue weighted by Gasteiger charge is 1.72. The van der Waals surface area contributed by atoms with Crippen LogP contribution in [0.1, 0.15) is 13.0 Å². The van der Waals surface area contributed by atoms with Gasteiger partial charge in [0.15, 0.2) is 0 Å². The predicted molar refractivity (Wildman–Crippen MR) is 49.1 cm³/mol. The summed E-state index contributed by atoms with van der Waals surface area (Å²) >= 11 is 0. The molecule has 0 saturated carbocycles. The minimum absolute atomic E-state index is 0. The van der Waals surface area contributed by atoms with E-state index in [-0.39, 0.29) is 7.43 Å². The van der Waals surface area contributed by atoms with Gasteiger partial charge in [-0.2, -0.15) is 4.89 Å². The van der Waals surface area contributed by atoms with Crippen molar-refractivity contribution in [2.24, 2.45) is 0 Å². The molecule has 0 heterocycles. The summed E-state index contributed by atoms with van der Waals surface area (Å²) in [5.74, 6) is 0. The van der Waals surface area contributed by atoms with Crippen LogP contribution >= 0.6 is 8.69 Å². The zero-order valence-corrected chi connectivity index (χ0v) is 6.74. The SMILES string of the molecule is C.Cc1ccccc1.O=[PH+]O. The summed E-state index contributed by atoms with van der Waals surface area (Å²) in [7, 11) is -1.17. The van der Waals surface area contributed by atoms with E-state index in [0.717, 1.165) is 0 Å². The minimum Gasteiger partial charge on any atom is -0.162 e. The zero-order valence-electron chi connectivity index (χ0n) is 5.74. The molecule has 1 atom stereocenters. The summed E-state index contributed by atoms with van der Waals surface area (Å²) in [6.45, 7) is 2.08. The Bertz CT molecular complexity index is 175. The first kappa shape index (κ1) is 12.9. The lowest BCUT2D eigenvalue weighted by Gasteiger charge is -1.82. The van der Waals surface area contributed by atoms with E-state index in [1.807, 2.05) is 18.2 Å². The monoisotopic (exact) mass is 173 g/mol. The lowest BCUT2D eigenvalue weighted by atomic mass is 10.2. The first-order valence-electron chi connectivity index (χ1n) is 2.84. The maximum Gasteiger partial charge on any atom is 0.491 e. The second-order valence-electron chi connectivity index (χ2n) is 1.75. The third-order valence-electron chi connectivity index (χ3n) is 0.940. The van der Waals surface area contributed by atoms with Gasteiger partial charge < -0.3 is 0 Å². The van der Waals surface area contributed by atoms with E-state index in [1.165, 1.54) is 5.56 Å². The van der Waals surface area contributed by atoms with Gasteiger partial charge in [0, 0.05) is 0 Å². The van der Waals surface area contributed by atoms with Crippen molar-refractivity contribution in [3.8, 4) is 0 Å². The van der Waals surface area contributed by atoms with Gasteiger partial charge in [-0.3, -0.25) is 0 Å². The van der Waals surface area contributed by atoms with Crippen molar-refractivity contribution in [2.45, 2.75) is 14.4 Å². The molecule has 2 nitrogen and oxygen atoms in total. The van der Waals surface area contributed by atoms with Gasteiger partial charge >= 0.3 is 8.69 Å². The first-order valence-corrected chi connectivity index (χ1v) is 3.69. The van der Waals surface area contributed by atoms with E-state index in [0.29, 0.717) is 0 Å². The van der Waals surface area contributed by atoms with E-state index < -0.39 is 8.69 Å². The van der Waals surface area contributed by atoms with E-state index in [9.17, 15) is 0 Å². The molecule has 0 spiro atoms. The second-order valence-corrected chi connectivity index (χ2v) is 1.93. The van der Waals surface area contributed by atoms with Crippen molar-refractivity contribution < 1.29 is 9.46 Å². The van der Waals surface area contributed by atoms with E-state index in [1.54, 1.807) is 0 Å². The van der Waals surface area contributed by atoms with Crippen molar-refractivity contribution in [3.05, 3.63) is 35.9 Å². The Kier molecular flexibility index (Phi) is 10.9. The molecule has 1 rings (SSSR count). The number of hydrogen-bond acceptors (Lipinski definition) is 1. The summed E-state index contributed by atoms with van der Waals surface area (Å²) in [6.07, 6.45) is 0. The molecule has 0 radical (unpaired) electrons. The van der Waals surface area contributed by atoms with Gasteiger partial charge in [-0.15, -0.1) is 0 Å². The van der Waals surface area contributed by atoms with Crippen LogP contribution in [0.4, 0.5) is 0 Å². The van der Waals surface area contributed by atoms with E-state index >= 15 is 0 Å². The molecule has 1 N–H and O–H groups in total. The lowest BCUT2D eigenvalue weighted by Crippen LogP contribution is -1.62. The number of hydrogen-bond donors (Lipinski definition) is 1. The Morgan fingerprint density at radius 2 is 1.64 bits per heavy atom. The Labute approximate surface area is 69.2 Å². The average molecular weight is 173 g/mol. The topological polar surface area (TPSA) is 37.3 Å². The van der Waals surface area contributed by atoms with Crippen molar-refractivity contribution >= 4 is 8.69 Å². The lowest BCUT2D eigenvalue weighted by molar-refractivity contribution is 0.524. The molecule has 0 amide bonds. The summed E-state index contributed by atoms with van der Waals surface area (Å²) < 4.78 is 8.51. The molecule has 0 aliphatic carbocycles. The molecule has 1 aromatic carbocycles. The van der Waals surface area contributed by atoms with Crippen molar-refractivity contribution in [1.82, 2.24) is 0 Å². The van der Waals surface area contributed by atoms with Crippen molar-refractivity contribution in [1.29, 1.82) is 0 Å². The molecule has 3 heteroatoms. The molecule has 1 unspecified atom stereocenters. The average Bonchev–Trinajstić information content (AvgIpc) is 1.91. The zero-order chi connectivity index (χ0) is 7.82. The van der Waals surface area contributed by atoms with Crippen LogP contribution < -0.4 is 0 Å². The van der Waals surface area contributed by atoms with Crippen LogP contribution in [0.3, 0.4) is 0 Å². The summed E-state index contributed by atoms with van der Waals surface area (Å²) in [5, 5.41) is 0. The van der Waals surface area contributed by atoms with Gasteiger partial charge in [0.2, 0.25) is 0 Å². The van der Waals surface area contributed by atoms with Crippen LogP contribution in [0.2, 0.25) is 0 Å². The molecule has 62 valence electrons. The second kappa shape index (κ2) is 9.28. The van der Waals surface area contributed by atoms with Gasteiger partial charge in [0.25, 0.3) is 0 Å². The van der Waals surface area contributed by atoms with E-state index in [4.69, 9.17) is 9.46 Å². The minimum atomic E-state index is -1.17. The summed E-state index contributed by atoms with van der Waals surface area (Å²) in [5.41, 5.74) is 1.32.